The molecule has 2 aromatic carbocycles. The van der Waals surface area contributed by atoms with Gasteiger partial charge in [0.2, 0.25) is 0 Å². The average molecular weight is 343 g/mol. The van der Waals surface area contributed by atoms with Gasteiger partial charge in [0.1, 0.15) is 24.0 Å². The first-order valence-corrected chi connectivity index (χ1v) is 6.81. The molecular formula is C15H13BrF2O2. The second-order valence-electron chi connectivity index (χ2n) is 4.38. The summed E-state index contributed by atoms with van der Waals surface area (Å²) < 4.78 is 32.6. The molecule has 5 heteroatoms. The molecule has 106 valence electrons. The van der Waals surface area contributed by atoms with Gasteiger partial charge >= 0.3 is 0 Å². The minimum atomic E-state index is -0.698. The van der Waals surface area contributed by atoms with Gasteiger partial charge in [-0.3, -0.25) is 0 Å². The Hall–Kier alpha value is -1.46. The number of benzene rings is 2. The van der Waals surface area contributed by atoms with E-state index in [9.17, 15) is 13.9 Å². The van der Waals surface area contributed by atoms with E-state index in [0.29, 0.717) is 11.3 Å². The van der Waals surface area contributed by atoms with Crippen molar-refractivity contribution in [3.63, 3.8) is 0 Å². The van der Waals surface area contributed by atoms with E-state index in [-0.39, 0.29) is 12.2 Å². The minimum absolute atomic E-state index is 0.0394. The maximum absolute atomic E-state index is 13.5. The van der Waals surface area contributed by atoms with Gasteiger partial charge in [-0.1, -0.05) is 22.0 Å². The van der Waals surface area contributed by atoms with Crippen LogP contribution in [-0.2, 0) is 6.61 Å². The van der Waals surface area contributed by atoms with Crippen molar-refractivity contribution in [3.8, 4) is 5.75 Å². The van der Waals surface area contributed by atoms with Gasteiger partial charge in [-0.15, -0.1) is 0 Å². The Morgan fingerprint density at radius 2 is 1.95 bits per heavy atom. The summed E-state index contributed by atoms with van der Waals surface area (Å²) >= 11 is 3.31. The highest BCUT2D eigenvalue weighted by atomic mass is 79.9. The molecule has 0 fully saturated rings. The Balaban J connectivity index is 2.20. The molecule has 2 nitrogen and oxygen atoms in total. The minimum Gasteiger partial charge on any atom is -0.488 e. The normalized spacial score (nSPS) is 12.2. The summed E-state index contributed by atoms with van der Waals surface area (Å²) in [5.41, 5.74) is 0.860. The fourth-order valence-electron chi connectivity index (χ4n) is 1.77. The van der Waals surface area contributed by atoms with Gasteiger partial charge < -0.3 is 9.84 Å². The summed E-state index contributed by atoms with van der Waals surface area (Å²) in [7, 11) is 0. The fourth-order valence-corrected chi connectivity index (χ4v) is 2.11. The largest absolute Gasteiger partial charge is 0.488 e. The number of rotatable bonds is 4. The van der Waals surface area contributed by atoms with Crippen molar-refractivity contribution in [3.05, 3.63) is 63.6 Å². The van der Waals surface area contributed by atoms with Crippen LogP contribution in [0.25, 0.3) is 0 Å². The molecule has 0 saturated carbocycles. The monoisotopic (exact) mass is 342 g/mol. The van der Waals surface area contributed by atoms with E-state index in [0.717, 1.165) is 10.5 Å². The topological polar surface area (TPSA) is 29.5 Å². The van der Waals surface area contributed by atoms with Gasteiger partial charge in [0.25, 0.3) is 0 Å². The van der Waals surface area contributed by atoms with Crippen molar-refractivity contribution in [2.24, 2.45) is 0 Å². The molecule has 0 heterocycles. The molecule has 20 heavy (non-hydrogen) atoms. The van der Waals surface area contributed by atoms with Crippen LogP contribution in [0.15, 0.2) is 40.9 Å². The molecule has 1 atom stereocenters. The van der Waals surface area contributed by atoms with Gasteiger partial charge in [0.15, 0.2) is 0 Å². The SMILES string of the molecule is CC(O)c1ccc(Br)cc1OCc1ccc(F)cc1F. The lowest BCUT2D eigenvalue weighted by atomic mass is 10.1. The van der Waals surface area contributed by atoms with E-state index < -0.39 is 17.7 Å². The predicted octanol–water partition coefficient (Wildman–Crippen LogP) is 4.36. The van der Waals surface area contributed by atoms with Crippen molar-refractivity contribution in [1.29, 1.82) is 0 Å². The second-order valence-corrected chi connectivity index (χ2v) is 5.30. The molecule has 0 aromatic heterocycles. The van der Waals surface area contributed by atoms with E-state index >= 15 is 0 Å². The summed E-state index contributed by atoms with van der Waals surface area (Å²) in [5.74, 6) is -0.824. The highest BCUT2D eigenvalue weighted by Crippen LogP contribution is 2.29. The Bertz CT molecular complexity index is 615. The van der Waals surface area contributed by atoms with Crippen LogP contribution in [0.5, 0.6) is 5.75 Å². The third kappa shape index (κ3) is 3.55. The van der Waals surface area contributed by atoms with Crippen molar-refractivity contribution in [2.45, 2.75) is 19.6 Å². The van der Waals surface area contributed by atoms with Gasteiger partial charge in [-0.05, 0) is 31.2 Å². The Morgan fingerprint density at radius 1 is 1.20 bits per heavy atom. The molecule has 0 aliphatic carbocycles. The fraction of sp³-hybridized carbons (Fsp3) is 0.200. The van der Waals surface area contributed by atoms with Crippen molar-refractivity contribution >= 4 is 15.9 Å². The third-order valence-electron chi connectivity index (χ3n) is 2.82. The Kier molecular flexibility index (Phi) is 4.73. The second kappa shape index (κ2) is 6.33. The number of aliphatic hydroxyl groups is 1. The molecular weight excluding hydrogens is 330 g/mol. The van der Waals surface area contributed by atoms with Crippen molar-refractivity contribution in [1.82, 2.24) is 0 Å². The standard InChI is InChI=1S/C15H13BrF2O2/c1-9(19)13-5-3-11(16)6-15(13)20-8-10-2-4-12(17)7-14(10)18/h2-7,9,19H,8H2,1H3. The lowest BCUT2D eigenvalue weighted by Crippen LogP contribution is -2.03. The summed E-state index contributed by atoms with van der Waals surface area (Å²) in [6.07, 6.45) is -0.698. The molecule has 0 radical (unpaired) electrons. The molecule has 0 aliphatic heterocycles. The smallest absolute Gasteiger partial charge is 0.132 e. The van der Waals surface area contributed by atoms with E-state index in [2.05, 4.69) is 15.9 Å². The van der Waals surface area contributed by atoms with Crippen LogP contribution < -0.4 is 4.74 Å². The van der Waals surface area contributed by atoms with Crippen LogP contribution in [0.3, 0.4) is 0 Å². The number of aliphatic hydroxyl groups excluding tert-OH is 1. The maximum atomic E-state index is 13.5. The third-order valence-corrected chi connectivity index (χ3v) is 3.32. The number of hydrogen-bond acceptors (Lipinski definition) is 2. The zero-order valence-corrected chi connectivity index (χ0v) is 12.3. The van der Waals surface area contributed by atoms with Gasteiger partial charge in [-0.2, -0.15) is 0 Å². The maximum Gasteiger partial charge on any atom is 0.132 e. The first-order valence-electron chi connectivity index (χ1n) is 6.01. The van der Waals surface area contributed by atoms with Crippen LogP contribution >= 0.6 is 15.9 Å². The quantitative estimate of drug-likeness (QED) is 0.894. The highest BCUT2D eigenvalue weighted by Gasteiger charge is 2.11. The first kappa shape index (κ1) is 14.9. The molecule has 0 saturated heterocycles. The Morgan fingerprint density at radius 3 is 2.60 bits per heavy atom. The first-order chi connectivity index (χ1) is 9.47. The van der Waals surface area contributed by atoms with Crippen LogP contribution in [0.2, 0.25) is 0 Å². The van der Waals surface area contributed by atoms with Crippen molar-refractivity contribution in [2.75, 3.05) is 0 Å². The van der Waals surface area contributed by atoms with Crippen LogP contribution in [0.4, 0.5) is 8.78 Å². The van der Waals surface area contributed by atoms with E-state index in [4.69, 9.17) is 4.74 Å². The zero-order chi connectivity index (χ0) is 14.7. The lowest BCUT2D eigenvalue weighted by molar-refractivity contribution is 0.190. The summed E-state index contributed by atoms with van der Waals surface area (Å²) in [5, 5.41) is 9.66. The van der Waals surface area contributed by atoms with Gasteiger partial charge in [0, 0.05) is 21.7 Å². The summed E-state index contributed by atoms with van der Waals surface area (Å²) in [6, 6.07) is 8.54. The summed E-state index contributed by atoms with van der Waals surface area (Å²) in [6.45, 7) is 1.58. The van der Waals surface area contributed by atoms with Crippen molar-refractivity contribution < 1.29 is 18.6 Å². The lowest BCUT2D eigenvalue weighted by Gasteiger charge is -2.14. The van der Waals surface area contributed by atoms with E-state index in [1.807, 2.05) is 0 Å². The van der Waals surface area contributed by atoms with E-state index in [1.165, 1.54) is 12.1 Å². The van der Waals surface area contributed by atoms with Gasteiger partial charge in [0.05, 0.1) is 6.10 Å². The average Bonchev–Trinajstić information content (AvgIpc) is 2.37. The molecule has 0 bridgehead atoms. The molecule has 1 unspecified atom stereocenters. The Labute approximate surface area is 124 Å². The molecule has 2 aromatic rings. The molecule has 0 spiro atoms. The molecule has 1 N–H and O–H groups in total. The summed E-state index contributed by atoms with van der Waals surface area (Å²) in [4.78, 5) is 0. The number of hydrogen-bond donors (Lipinski definition) is 1. The van der Waals surface area contributed by atoms with Crippen LogP contribution in [0, 0.1) is 11.6 Å². The van der Waals surface area contributed by atoms with Crippen LogP contribution in [0.1, 0.15) is 24.2 Å². The number of halogens is 3. The molecule has 0 aliphatic rings. The van der Waals surface area contributed by atoms with Gasteiger partial charge in [-0.25, -0.2) is 8.78 Å². The number of ether oxygens (including phenoxy) is 1. The highest BCUT2D eigenvalue weighted by molar-refractivity contribution is 9.10. The predicted molar refractivity (Wildman–Crippen MR) is 75.5 cm³/mol. The van der Waals surface area contributed by atoms with E-state index in [1.54, 1.807) is 25.1 Å². The van der Waals surface area contributed by atoms with Crippen LogP contribution in [-0.4, -0.2) is 5.11 Å². The molecule has 2 rings (SSSR count). The zero-order valence-electron chi connectivity index (χ0n) is 10.7. The molecule has 0 amide bonds.